The Morgan fingerprint density at radius 2 is 1.86 bits per heavy atom. The van der Waals surface area contributed by atoms with Crippen molar-refractivity contribution in [3.05, 3.63) is 83.9 Å². The van der Waals surface area contributed by atoms with E-state index >= 15 is 0 Å². The molecule has 1 aliphatic heterocycles. The third-order valence-electron chi connectivity index (χ3n) is 5.01. The topological polar surface area (TPSA) is 75.2 Å². The Morgan fingerprint density at radius 3 is 2.62 bits per heavy atom. The summed E-state index contributed by atoms with van der Waals surface area (Å²) in [5, 5.41) is 2.95. The van der Waals surface area contributed by atoms with E-state index in [0.29, 0.717) is 24.2 Å². The van der Waals surface area contributed by atoms with Gasteiger partial charge in [-0.25, -0.2) is 0 Å². The monoisotopic (exact) mass is 386 g/mol. The van der Waals surface area contributed by atoms with Crippen molar-refractivity contribution in [3.63, 3.8) is 0 Å². The van der Waals surface area contributed by atoms with Crippen molar-refractivity contribution in [1.29, 1.82) is 0 Å². The molecular formula is C23H22N4O2. The van der Waals surface area contributed by atoms with Crippen LogP contribution >= 0.6 is 0 Å². The number of nitrogens with one attached hydrogen (secondary N) is 1. The quantitative estimate of drug-likeness (QED) is 0.702. The second-order valence-electron chi connectivity index (χ2n) is 7.05. The summed E-state index contributed by atoms with van der Waals surface area (Å²) >= 11 is 0. The molecule has 0 unspecified atom stereocenters. The number of pyridine rings is 2. The van der Waals surface area contributed by atoms with Crippen LogP contribution in [0.3, 0.4) is 0 Å². The van der Waals surface area contributed by atoms with Crippen LogP contribution in [-0.4, -0.2) is 28.3 Å². The predicted molar refractivity (Wildman–Crippen MR) is 112 cm³/mol. The van der Waals surface area contributed by atoms with E-state index in [-0.39, 0.29) is 11.8 Å². The molecule has 2 amide bonds. The second-order valence-corrected chi connectivity index (χ2v) is 7.05. The van der Waals surface area contributed by atoms with Crippen molar-refractivity contribution in [2.45, 2.75) is 25.7 Å². The van der Waals surface area contributed by atoms with E-state index in [2.05, 4.69) is 15.3 Å². The standard InChI is InChI=1S/C23H22N4O2/c28-22(7-1-4-17-5-2-11-24-15-17)26-20-9-8-18-10-13-27(21(18)14-20)23(29)19-6-3-12-25-16-19/h2-3,5-6,8-9,11-12,14-16H,1,4,7,10,13H2,(H,26,28). The summed E-state index contributed by atoms with van der Waals surface area (Å²) < 4.78 is 0. The SMILES string of the molecule is O=C(CCCc1cccnc1)Nc1ccc2c(c1)N(C(=O)c1cccnc1)CC2. The van der Waals surface area contributed by atoms with Crippen molar-refractivity contribution >= 4 is 23.2 Å². The lowest BCUT2D eigenvalue weighted by atomic mass is 10.1. The third kappa shape index (κ3) is 4.48. The van der Waals surface area contributed by atoms with Gasteiger partial charge in [-0.2, -0.15) is 0 Å². The van der Waals surface area contributed by atoms with Gasteiger partial charge in [0.05, 0.1) is 5.56 Å². The highest BCUT2D eigenvalue weighted by Gasteiger charge is 2.26. The predicted octanol–water partition coefficient (Wildman–Crippen LogP) is 3.64. The van der Waals surface area contributed by atoms with Gasteiger partial charge in [0.1, 0.15) is 0 Å². The number of hydrogen-bond donors (Lipinski definition) is 1. The van der Waals surface area contributed by atoms with Crippen LogP contribution in [0.25, 0.3) is 0 Å². The lowest BCUT2D eigenvalue weighted by Crippen LogP contribution is -2.29. The molecule has 0 atom stereocenters. The number of nitrogens with zero attached hydrogens (tertiary/aromatic N) is 3. The number of anilines is 2. The maximum atomic E-state index is 12.8. The Hall–Kier alpha value is -3.54. The first kappa shape index (κ1) is 18.8. The van der Waals surface area contributed by atoms with Crippen LogP contribution in [0, 0.1) is 0 Å². The smallest absolute Gasteiger partial charge is 0.259 e. The first-order valence-electron chi connectivity index (χ1n) is 9.74. The van der Waals surface area contributed by atoms with Crippen LogP contribution in [0.2, 0.25) is 0 Å². The number of amides is 2. The highest BCUT2D eigenvalue weighted by molar-refractivity contribution is 6.07. The molecule has 6 heteroatoms. The van der Waals surface area contributed by atoms with E-state index in [9.17, 15) is 9.59 Å². The van der Waals surface area contributed by atoms with Gasteiger partial charge in [0.25, 0.3) is 5.91 Å². The van der Waals surface area contributed by atoms with Crippen LogP contribution in [0.4, 0.5) is 11.4 Å². The average molecular weight is 386 g/mol. The van der Waals surface area contributed by atoms with Crippen molar-refractivity contribution in [1.82, 2.24) is 9.97 Å². The van der Waals surface area contributed by atoms with Gasteiger partial charge in [-0.3, -0.25) is 19.6 Å². The largest absolute Gasteiger partial charge is 0.326 e. The number of carbonyl (C=O) groups is 2. The second kappa shape index (κ2) is 8.65. The van der Waals surface area contributed by atoms with Crippen LogP contribution in [0.1, 0.15) is 34.3 Å². The molecular weight excluding hydrogens is 364 g/mol. The first-order valence-corrected chi connectivity index (χ1v) is 9.74. The number of aryl methyl sites for hydroxylation is 1. The molecule has 29 heavy (non-hydrogen) atoms. The molecule has 0 fully saturated rings. The van der Waals surface area contributed by atoms with Crippen LogP contribution in [0.5, 0.6) is 0 Å². The number of benzene rings is 1. The molecule has 0 saturated heterocycles. The van der Waals surface area contributed by atoms with E-state index in [1.165, 1.54) is 0 Å². The molecule has 146 valence electrons. The fraction of sp³-hybridized carbons (Fsp3) is 0.217. The lowest BCUT2D eigenvalue weighted by Gasteiger charge is -2.18. The fourth-order valence-corrected chi connectivity index (χ4v) is 3.54. The lowest BCUT2D eigenvalue weighted by molar-refractivity contribution is -0.116. The van der Waals surface area contributed by atoms with Gasteiger partial charge in [0.2, 0.25) is 5.91 Å². The van der Waals surface area contributed by atoms with Gasteiger partial charge in [0, 0.05) is 49.1 Å². The van der Waals surface area contributed by atoms with Gasteiger partial charge in [0.15, 0.2) is 0 Å². The zero-order valence-electron chi connectivity index (χ0n) is 16.0. The molecule has 6 nitrogen and oxygen atoms in total. The Labute approximate surface area is 169 Å². The number of fused-ring (bicyclic) bond motifs is 1. The normalized spacial score (nSPS) is 12.5. The van der Waals surface area contributed by atoms with Crippen LogP contribution in [0.15, 0.2) is 67.3 Å². The zero-order chi connectivity index (χ0) is 20.1. The maximum absolute atomic E-state index is 12.8. The van der Waals surface area contributed by atoms with E-state index in [1.54, 1.807) is 35.6 Å². The number of hydrogen-bond acceptors (Lipinski definition) is 4. The van der Waals surface area contributed by atoms with Gasteiger partial charge in [-0.05, 0) is 60.7 Å². The van der Waals surface area contributed by atoms with E-state index in [0.717, 1.165) is 36.1 Å². The first-order chi connectivity index (χ1) is 14.2. The van der Waals surface area contributed by atoms with Gasteiger partial charge in [-0.15, -0.1) is 0 Å². The molecule has 2 aromatic heterocycles. The van der Waals surface area contributed by atoms with Gasteiger partial charge in [-0.1, -0.05) is 12.1 Å². The summed E-state index contributed by atoms with van der Waals surface area (Å²) in [7, 11) is 0. The van der Waals surface area contributed by atoms with Gasteiger partial charge < -0.3 is 10.2 Å². The molecule has 1 N–H and O–H groups in total. The molecule has 0 spiro atoms. The molecule has 3 heterocycles. The van der Waals surface area contributed by atoms with E-state index in [1.807, 2.05) is 36.5 Å². The van der Waals surface area contributed by atoms with E-state index < -0.39 is 0 Å². The Balaban J connectivity index is 1.39. The summed E-state index contributed by atoms with van der Waals surface area (Å²) in [6.07, 6.45) is 9.61. The number of carbonyl (C=O) groups excluding carboxylic acids is 2. The highest BCUT2D eigenvalue weighted by Crippen LogP contribution is 2.32. The summed E-state index contributed by atoms with van der Waals surface area (Å²) in [6, 6.07) is 13.2. The molecule has 0 aliphatic carbocycles. The van der Waals surface area contributed by atoms with Gasteiger partial charge >= 0.3 is 0 Å². The minimum absolute atomic E-state index is 0.0306. The highest BCUT2D eigenvalue weighted by atomic mass is 16.2. The number of rotatable bonds is 6. The van der Waals surface area contributed by atoms with Crippen molar-refractivity contribution < 1.29 is 9.59 Å². The third-order valence-corrected chi connectivity index (χ3v) is 5.01. The minimum Gasteiger partial charge on any atom is -0.326 e. The molecule has 1 aliphatic rings. The summed E-state index contributed by atoms with van der Waals surface area (Å²) in [5.41, 5.74) is 4.36. The maximum Gasteiger partial charge on any atom is 0.259 e. The average Bonchev–Trinajstić information content (AvgIpc) is 3.18. The molecule has 0 saturated carbocycles. The Bertz CT molecular complexity index is 1010. The molecule has 4 rings (SSSR count). The van der Waals surface area contributed by atoms with Crippen LogP contribution in [-0.2, 0) is 17.6 Å². The zero-order valence-corrected chi connectivity index (χ0v) is 16.0. The summed E-state index contributed by atoms with van der Waals surface area (Å²) in [4.78, 5) is 35.0. The Kier molecular flexibility index (Phi) is 5.61. The molecule has 0 bridgehead atoms. The Morgan fingerprint density at radius 1 is 1.03 bits per heavy atom. The molecule has 3 aromatic rings. The summed E-state index contributed by atoms with van der Waals surface area (Å²) in [5.74, 6) is -0.103. The van der Waals surface area contributed by atoms with Crippen molar-refractivity contribution in [3.8, 4) is 0 Å². The molecule has 0 radical (unpaired) electrons. The van der Waals surface area contributed by atoms with Crippen molar-refractivity contribution in [2.75, 3.05) is 16.8 Å². The minimum atomic E-state index is -0.0724. The number of aromatic nitrogens is 2. The van der Waals surface area contributed by atoms with Crippen LogP contribution < -0.4 is 10.2 Å². The summed E-state index contributed by atoms with van der Waals surface area (Å²) in [6.45, 7) is 0.631. The van der Waals surface area contributed by atoms with Crippen molar-refractivity contribution in [2.24, 2.45) is 0 Å². The molecule has 1 aromatic carbocycles. The fourth-order valence-electron chi connectivity index (χ4n) is 3.54. The van der Waals surface area contributed by atoms with E-state index in [4.69, 9.17) is 0 Å².